The van der Waals surface area contributed by atoms with Gasteiger partial charge >= 0.3 is 0 Å². The van der Waals surface area contributed by atoms with E-state index < -0.39 is 0 Å². The zero-order chi connectivity index (χ0) is 22.3. The Morgan fingerprint density at radius 1 is 0.906 bits per heavy atom. The quantitative estimate of drug-likeness (QED) is 0.530. The lowest BCUT2D eigenvalue weighted by Crippen LogP contribution is -2.39. The first-order chi connectivity index (χ1) is 15.6. The van der Waals surface area contributed by atoms with Gasteiger partial charge in [0.25, 0.3) is 5.91 Å². The van der Waals surface area contributed by atoms with Crippen LogP contribution in [-0.4, -0.2) is 57.7 Å². The molecule has 0 spiro atoms. The van der Waals surface area contributed by atoms with Gasteiger partial charge in [0.05, 0.1) is 6.54 Å². The normalized spacial score (nSPS) is 13.6. The standard InChI is InChI=1S/C24H28N6O2/c1-18(31)25-12-13-26-24(32)23-28-27-22-17-29(14-15-30(22)23)16-21(19-8-4-2-5-9-19)20-10-6-3-7-11-20/h2-11,21H,12-17H2,1H3,(H,25,31)(H,26,32). The molecule has 0 unspecified atom stereocenters. The lowest BCUT2D eigenvalue weighted by atomic mass is 9.90. The molecule has 0 saturated heterocycles. The minimum absolute atomic E-state index is 0.122. The summed E-state index contributed by atoms with van der Waals surface area (Å²) >= 11 is 0. The Hall–Kier alpha value is -3.52. The summed E-state index contributed by atoms with van der Waals surface area (Å²) < 4.78 is 1.89. The molecule has 3 aromatic rings. The van der Waals surface area contributed by atoms with Crippen molar-refractivity contribution in [3.63, 3.8) is 0 Å². The van der Waals surface area contributed by atoms with Crippen LogP contribution in [0.5, 0.6) is 0 Å². The zero-order valence-electron chi connectivity index (χ0n) is 18.2. The molecule has 1 aliphatic heterocycles. The van der Waals surface area contributed by atoms with Crippen LogP contribution in [0.1, 0.15) is 40.4 Å². The van der Waals surface area contributed by atoms with E-state index in [2.05, 4.69) is 74.3 Å². The van der Waals surface area contributed by atoms with Crippen molar-refractivity contribution in [2.24, 2.45) is 0 Å². The van der Waals surface area contributed by atoms with Gasteiger partial charge in [-0.15, -0.1) is 10.2 Å². The summed E-state index contributed by atoms with van der Waals surface area (Å²) in [5, 5.41) is 13.8. The van der Waals surface area contributed by atoms with E-state index in [0.29, 0.717) is 32.0 Å². The molecule has 166 valence electrons. The molecular formula is C24H28N6O2. The summed E-state index contributed by atoms with van der Waals surface area (Å²) in [6, 6.07) is 21.1. The first kappa shape index (κ1) is 21.7. The van der Waals surface area contributed by atoms with Crippen LogP contribution in [0.25, 0.3) is 0 Å². The fourth-order valence-electron chi connectivity index (χ4n) is 4.06. The summed E-state index contributed by atoms with van der Waals surface area (Å²) in [5.41, 5.74) is 2.56. The van der Waals surface area contributed by atoms with Crippen LogP contribution in [0.2, 0.25) is 0 Å². The van der Waals surface area contributed by atoms with Crippen LogP contribution in [0.3, 0.4) is 0 Å². The van der Waals surface area contributed by atoms with Gasteiger partial charge in [0.1, 0.15) is 5.82 Å². The van der Waals surface area contributed by atoms with Gasteiger partial charge < -0.3 is 15.2 Å². The second kappa shape index (κ2) is 10.2. The van der Waals surface area contributed by atoms with Gasteiger partial charge in [0.15, 0.2) is 0 Å². The van der Waals surface area contributed by atoms with E-state index in [1.54, 1.807) is 0 Å². The highest BCUT2D eigenvalue weighted by molar-refractivity contribution is 5.90. The maximum atomic E-state index is 12.5. The van der Waals surface area contributed by atoms with Crippen LogP contribution >= 0.6 is 0 Å². The first-order valence-electron chi connectivity index (χ1n) is 10.9. The number of hydrogen-bond acceptors (Lipinski definition) is 5. The van der Waals surface area contributed by atoms with Crippen molar-refractivity contribution in [2.75, 3.05) is 26.2 Å². The van der Waals surface area contributed by atoms with E-state index in [1.807, 2.05) is 16.7 Å². The van der Waals surface area contributed by atoms with Gasteiger partial charge in [-0.05, 0) is 11.1 Å². The van der Waals surface area contributed by atoms with E-state index in [1.165, 1.54) is 18.1 Å². The summed E-state index contributed by atoms with van der Waals surface area (Å²) in [5.74, 6) is 0.981. The SMILES string of the molecule is CC(=O)NCCNC(=O)c1nnc2n1CCN(CC(c1ccccc1)c1ccccc1)C2. The van der Waals surface area contributed by atoms with E-state index in [0.717, 1.165) is 18.9 Å². The number of aromatic nitrogens is 3. The number of benzene rings is 2. The van der Waals surface area contributed by atoms with Gasteiger partial charge in [-0.25, -0.2) is 0 Å². The van der Waals surface area contributed by atoms with E-state index >= 15 is 0 Å². The number of rotatable bonds is 8. The topological polar surface area (TPSA) is 92.1 Å². The van der Waals surface area contributed by atoms with Crippen LogP contribution in [0, 0.1) is 0 Å². The number of nitrogens with one attached hydrogen (secondary N) is 2. The summed E-state index contributed by atoms with van der Waals surface area (Å²) in [6.07, 6.45) is 0. The molecule has 0 bridgehead atoms. The highest BCUT2D eigenvalue weighted by atomic mass is 16.2. The van der Waals surface area contributed by atoms with Crippen LogP contribution < -0.4 is 10.6 Å². The molecule has 8 heteroatoms. The predicted molar refractivity (Wildman–Crippen MR) is 121 cm³/mol. The zero-order valence-corrected chi connectivity index (χ0v) is 18.2. The smallest absolute Gasteiger partial charge is 0.289 e. The monoisotopic (exact) mass is 432 g/mol. The maximum Gasteiger partial charge on any atom is 0.289 e. The second-order valence-electron chi connectivity index (χ2n) is 7.94. The minimum Gasteiger partial charge on any atom is -0.355 e. The van der Waals surface area contributed by atoms with Gasteiger partial charge in [-0.1, -0.05) is 60.7 Å². The first-order valence-corrected chi connectivity index (χ1v) is 10.9. The Bertz CT molecular complexity index is 1010. The molecule has 8 nitrogen and oxygen atoms in total. The third-order valence-electron chi connectivity index (χ3n) is 5.66. The number of hydrogen-bond donors (Lipinski definition) is 2. The van der Waals surface area contributed by atoms with Crippen molar-refractivity contribution >= 4 is 11.8 Å². The molecule has 0 radical (unpaired) electrons. The summed E-state index contributed by atoms with van der Waals surface area (Å²) in [6.45, 7) is 5.16. The molecule has 2 N–H and O–H groups in total. The molecule has 2 heterocycles. The minimum atomic E-state index is -0.269. The van der Waals surface area contributed by atoms with Crippen molar-refractivity contribution in [1.29, 1.82) is 0 Å². The van der Waals surface area contributed by atoms with Gasteiger partial charge in [-0.3, -0.25) is 14.5 Å². The Labute approximate surface area is 187 Å². The van der Waals surface area contributed by atoms with Crippen LogP contribution in [-0.2, 0) is 17.9 Å². The molecule has 0 saturated carbocycles. The van der Waals surface area contributed by atoms with E-state index in [9.17, 15) is 9.59 Å². The molecule has 2 aromatic carbocycles. The van der Waals surface area contributed by atoms with Crippen molar-refractivity contribution in [3.05, 3.63) is 83.4 Å². The van der Waals surface area contributed by atoms with Crippen molar-refractivity contribution in [1.82, 2.24) is 30.3 Å². The number of fused-ring (bicyclic) bond motifs is 1. The molecule has 2 amide bonds. The van der Waals surface area contributed by atoms with E-state index in [4.69, 9.17) is 0 Å². The van der Waals surface area contributed by atoms with Crippen LogP contribution in [0.15, 0.2) is 60.7 Å². The molecule has 0 aliphatic carbocycles. The number of nitrogens with zero attached hydrogens (tertiary/aromatic N) is 4. The Morgan fingerprint density at radius 2 is 1.53 bits per heavy atom. The Balaban J connectivity index is 1.43. The average molecular weight is 433 g/mol. The lowest BCUT2D eigenvalue weighted by molar-refractivity contribution is -0.118. The highest BCUT2D eigenvalue weighted by Gasteiger charge is 2.26. The maximum absolute atomic E-state index is 12.5. The average Bonchev–Trinajstić information content (AvgIpc) is 3.24. The number of carbonyl (C=O) groups excluding carboxylic acids is 2. The second-order valence-corrected chi connectivity index (χ2v) is 7.94. The summed E-state index contributed by atoms with van der Waals surface area (Å²) in [7, 11) is 0. The molecule has 0 atom stereocenters. The van der Waals surface area contributed by atoms with Gasteiger partial charge in [0, 0.05) is 45.6 Å². The molecule has 4 rings (SSSR count). The van der Waals surface area contributed by atoms with Crippen molar-refractivity contribution in [2.45, 2.75) is 25.9 Å². The molecular weight excluding hydrogens is 404 g/mol. The number of amides is 2. The Kier molecular flexibility index (Phi) is 6.91. The third kappa shape index (κ3) is 5.20. The van der Waals surface area contributed by atoms with Crippen LogP contribution in [0.4, 0.5) is 0 Å². The number of carbonyl (C=O) groups is 2. The van der Waals surface area contributed by atoms with Gasteiger partial charge in [0.2, 0.25) is 11.7 Å². The molecule has 0 fully saturated rings. The predicted octanol–water partition coefficient (Wildman–Crippen LogP) is 1.79. The van der Waals surface area contributed by atoms with E-state index in [-0.39, 0.29) is 17.7 Å². The fourth-order valence-corrected chi connectivity index (χ4v) is 4.06. The molecule has 1 aliphatic rings. The lowest BCUT2D eigenvalue weighted by Gasteiger charge is -2.31. The van der Waals surface area contributed by atoms with Crippen molar-refractivity contribution < 1.29 is 9.59 Å². The van der Waals surface area contributed by atoms with Crippen molar-refractivity contribution in [3.8, 4) is 0 Å². The molecule has 1 aromatic heterocycles. The largest absolute Gasteiger partial charge is 0.355 e. The third-order valence-corrected chi connectivity index (χ3v) is 5.66. The summed E-state index contributed by atoms with van der Waals surface area (Å²) in [4.78, 5) is 25.8. The fraction of sp³-hybridized carbons (Fsp3) is 0.333. The molecule has 32 heavy (non-hydrogen) atoms. The van der Waals surface area contributed by atoms with Gasteiger partial charge in [-0.2, -0.15) is 0 Å². The highest BCUT2D eigenvalue weighted by Crippen LogP contribution is 2.27. The Morgan fingerprint density at radius 3 is 2.16 bits per heavy atom.